The molecule has 0 aromatic heterocycles. The average Bonchev–Trinajstić information content (AvgIpc) is 2.16. The van der Waals surface area contributed by atoms with Crippen LogP contribution >= 0.6 is 0 Å². The summed E-state index contributed by atoms with van der Waals surface area (Å²) in [7, 11) is 0. The summed E-state index contributed by atoms with van der Waals surface area (Å²) in [5, 5.41) is 8.52. The van der Waals surface area contributed by atoms with Gasteiger partial charge in [0.2, 0.25) is 0 Å². The summed E-state index contributed by atoms with van der Waals surface area (Å²) < 4.78 is 0. The molecule has 0 aliphatic carbocycles. The van der Waals surface area contributed by atoms with Gasteiger partial charge >= 0.3 is 24.8 Å². The van der Waals surface area contributed by atoms with E-state index < -0.39 is 5.97 Å². The number of carboxylic acid groups (broad SMARTS) is 1. The summed E-state index contributed by atoms with van der Waals surface area (Å²) in [6.07, 6.45) is 0.469. The number of nitrogens with two attached hydrogens (primary N) is 1. The summed E-state index contributed by atoms with van der Waals surface area (Å²) >= 11 is 0. The molecule has 0 saturated heterocycles. The van der Waals surface area contributed by atoms with Crippen LogP contribution in [0.15, 0.2) is 18.2 Å². The molecular weight excluding hydrogens is 201 g/mol. The number of aryl methyl sites for hydroxylation is 1. The van der Waals surface area contributed by atoms with Crippen molar-refractivity contribution in [2.24, 2.45) is 0 Å². The Morgan fingerprint density at radius 3 is 2.50 bits per heavy atom. The molecule has 0 amide bonds. The third kappa shape index (κ3) is 4.09. The minimum absolute atomic E-state index is 0. The number of hydrogen-bond acceptors (Lipinski definition) is 3. The van der Waals surface area contributed by atoms with Crippen molar-refractivity contribution in [3.8, 4) is 0 Å². The number of nitrogen functional groups attached to an aromatic ring is 1. The first kappa shape index (κ1) is 14.8. The Hall–Kier alpha value is -1.24. The molecule has 1 aromatic carbocycles. The maximum absolute atomic E-state index is 11.2. The SMILES string of the molecule is CC(=O)c1cc(CCC(=O)O)ccc1N.[LiH]. The number of carbonyl (C=O) groups excluding carboxylic acids is 1. The van der Waals surface area contributed by atoms with E-state index in [-0.39, 0.29) is 31.1 Å². The standard InChI is InChI=1S/C11H13NO3.Li.H/c1-7(13)9-6-8(2-4-10(9)12)3-5-11(14)15;;/h2,4,6H,3,5,12H2,1H3,(H,14,15);;. The topological polar surface area (TPSA) is 80.4 Å². The molecule has 0 fully saturated rings. The van der Waals surface area contributed by atoms with Crippen LogP contribution in [0.25, 0.3) is 0 Å². The van der Waals surface area contributed by atoms with Gasteiger partial charge < -0.3 is 10.8 Å². The number of rotatable bonds is 4. The van der Waals surface area contributed by atoms with Gasteiger partial charge in [-0.15, -0.1) is 0 Å². The van der Waals surface area contributed by atoms with Crippen molar-refractivity contribution in [2.75, 3.05) is 5.73 Å². The van der Waals surface area contributed by atoms with Crippen LogP contribution in [0, 0.1) is 0 Å². The fourth-order valence-corrected chi connectivity index (χ4v) is 1.32. The van der Waals surface area contributed by atoms with E-state index in [0.29, 0.717) is 17.7 Å². The molecule has 16 heavy (non-hydrogen) atoms. The minimum atomic E-state index is -0.851. The molecule has 5 heteroatoms. The average molecular weight is 215 g/mol. The van der Waals surface area contributed by atoms with Gasteiger partial charge in [0.1, 0.15) is 0 Å². The number of aliphatic carboxylic acids is 1. The molecule has 0 aliphatic rings. The first-order valence-electron chi connectivity index (χ1n) is 4.62. The number of benzene rings is 1. The van der Waals surface area contributed by atoms with E-state index >= 15 is 0 Å². The van der Waals surface area contributed by atoms with Crippen LogP contribution in [0.2, 0.25) is 0 Å². The van der Waals surface area contributed by atoms with Gasteiger partial charge in [-0.2, -0.15) is 0 Å². The molecule has 0 spiro atoms. The Bertz CT molecular complexity index is 404. The van der Waals surface area contributed by atoms with Gasteiger partial charge in [0.05, 0.1) is 0 Å². The predicted octanol–water partition coefficient (Wildman–Crippen LogP) is 0.840. The summed E-state index contributed by atoms with van der Waals surface area (Å²) in [6, 6.07) is 5.03. The Labute approximate surface area is 106 Å². The quantitative estimate of drug-likeness (QED) is 0.443. The summed E-state index contributed by atoms with van der Waals surface area (Å²) in [6.45, 7) is 1.44. The molecule has 0 saturated carbocycles. The van der Waals surface area contributed by atoms with Crippen molar-refractivity contribution in [3.05, 3.63) is 29.3 Å². The van der Waals surface area contributed by atoms with Crippen molar-refractivity contribution in [1.82, 2.24) is 0 Å². The Morgan fingerprint density at radius 2 is 2.00 bits per heavy atom. The van der Waals surface area contributed by atoms with Gasteiger partial charge in [0, 0.05) is 17.7 Å². The van der Waals surface area contributed by atoms with Gasteiger partial charge in [-0.1, -0.05) is 6.07 Å². The normalized spacial score (nSPS) is 9.31. The van der Waals surface area contributed by atoms with Crippen molar-refractivity contribution in [3.63, 3.8) is 0 Å². The Morgan fingerprint density at radius 1 is 1.38 bits per heavy atom. The van der Waals surface area contributed by atoms with E-state index in [0.717, 1.165) is 5.56 Å². The molecule has 1 aromatic rings. The van der Waals surface area contributed by atoms with E-state index in [9.17, 15) is 9.59 Å². The van der Waals surface area contributed by atoms with Gasteiger partial charge in [-0.05, 0) is 31.0 Å². The van der Waals surface area contributed by atoms with Crippen LogP contribution in [0.3, 0.4) is 0 Å². The number of anilines is 1. The third-order valence-corrected chi connectivity index (χ3v) is 2.12. The fraction of sp³-hybridized carbons (Fsp3) is 0.273. The second-order valence-electron chi connectivity index (χ2n) is 3.37. The molecule has 0 aliphatic heterocycles. The van der Waals surface area contributed by atoms with E-state index in [1.165, 1.54) is 6.92 Å². The van der Waals surface area contributed by atoms with Crippen molar-refractivity contribution < 1.29 is 14.7 Å². The molecule has 0 unspecified atom stereocenters. The summed E-state index contributed by atoms with van der Waals surface area (Å²) in [5.74, 6) is -0.958. The zero-order chi connectivity index (χ0) is 11.4. The molecule has 3 N–H and O–H groups in total. The molecule has 0 heterocycles. The number of carboxylic acids is 1. The molecule has 0 radical (unpaired) electrons. The third-order valence-electron chi connectivity index (χ3n) is 2.12. The zero-order valence-corrected chi connectivity index (χ0v) is 8.49. The summed E-state index contributed by atoms with van der Waals surface area (Å²) in [5.41, 5.74) is 7.31. The van der Waals surface area contributed by atoms with Crippen molar-refractivity contribution >= 4 is 36.3 Å². The first-order chi connectivity index (χ1) is 7.00. The van der Waals surface area contributed by atoms with Crippen LogP contribution in [-0.2, 0) is 11.2 Å². The first-order valence-corrected chi connectivity index (χ1v) is 4.62. The van der Waals surface area contributed by atoms with Crippen LogP contribution in [0.4, 0.5) is 5.69 Å². The van der Waals surface area contributed by atoms with Crippen molar-refractivity contribution in [1.29, 1.82) is 0 Å². The molecule has 0 atom stereocenters. The van der Waals surface area contributed by atoms with Gasteiger partial charge in [0.25, 0.3) is 0 Å². The molecule has 82 valence electrons. The van der Waals surface area contributed by atoms with Crippen LogP contribution in [0.1, 0.15) is 29.3 Å². The molecule has 4 nitrogen and oxygen atoms in total. The van der Waals surface area contributed by atoms with Gasteiger partial charge in [0.15, 0.2) is 5.78 Å². The van der Waals surface area contributed by atoms with E-state index in [4.69, 9.17) is 10.8 Å². The number of carbonyl (C=O) groups is 2. The zero-order valence-electron chi connectivity index (χ0n) is 8.49. The van der Waals surface area contributed by atoms with Gasteiger partial charge in [-0.25, -0.2) is 0 Å². The molecular formula is C11H14LiNO3. The second kappa shape index (κ2) is 6.36. The van der Waals surface area contributed by atoms with Gasteiger partial charge in [-0.3, -0.25) is 9.59 Å². The van der Waals surface area contributed by atoms with Crippen LogP contribution in [0.5, 0.6) is 0 Å². The summed E-state index contributed by atoms with van der Waals surface area (Å²) in [4.78, 5) is 21.5. The second-order valence-corrected chi connectivity index (χ2v) is 3.37. The van der Waals surface area contributed by atoms with E-state index in [1.807, 2.05) is 0 Å². The number of Topliss-reactive ketones (excluding diaryl/α,β-unsaturated/α-hetero) is 1. The van der Waals surface area contributed by atoms with Crippen molar-refractivity contribution in [2.45, 2.75) is 19.8 Å². The number of ketones is 1. The molecule has 0 bridgehead atoms. The molecule has 1 rings (SSSR count). The Kier molecular flexibility index (Phi) is 5.87. The number of hydrogen-bond donors (Lipinski definition) is 2. The predicted molar refractivity (Wildman–Crippen MR) is 64.0 cm³/mol. The fourth-order valence-electron chi connectivity index (χ4n) is 1.32. The van der Waals surface area contributed by atoms with E-state index in [1.54, 1.807) is 18.2 Å². The van der Waals surface area contributed by atoms with Crippen LogP contribution < -0.4 is 5.73 Å². The maximum atomic E-state index is 11.2. The Balaban J connectivity index is 0.00000225. The van der Waals surface area contributed by atoms with Crippen LogP contribution in [-0.4, -0.2) is 35.7 Å². The monoisotopic (exact) mass is 215 g/mol. The van der Waals surface area contributed by atoms with E-state index in [2.05, 4.69) is 0 Å².